The highest BCUT2D eigenvalue weighted by atomic mass is 16.4. The number of carboxylic acids is 1. The largest absolute Gasteiger partial charge is 0.478 e. The molecule has 0 unspecified atom stereocenters. The molecule has 2 rings (SSSR count). The Morgan fingerprint density at radius 3 is 2.43 bits per heavy atom. The average molecular weight is 289 g/mol. The topological polar surface area (TPSA) is 104 Å². The number of amides is 2. The average Bonchev–Trinajstić information content (AvgIpc) is 2.76. The number of hydrogen-bond acceptors (Lipinski definition) is 4. The van der Waals surface area contributed by atoms with Crippen LogP contribution in [-0.4, -0.2) is 22.1 Å². The van der Waals surface area contributed by atoms with Crippen LogP contribution in [0, 0.1) is 13.8 Å². The number of aromatic carboxylic acids is 1. The molecule has 1 aromatic carbocycles. The van der Waals surface area contributed by atoms with Gasteiger partial charge in [-0.1, -0.05) is 0 Å². The highest BCUT2D eigenvalue weighted by Crippen LogP contribution is 2.10. The molecule has 0 bridgehead atoms. The number of rotatable bonds is 4. The molecule has 0 fully saturated rings. The number of aromatic nitrogens is 1. The van der Waals surface area contributed by atoms with E-state index in [2.05, 4.69) is 15.6 Å². The Kier molecular flexibility index (Phi) is 4.22. The van der Waals surface area contributed by atoms with E-state index in [1.54, 1.807) is 6.92 Å². The van der Waals surface area contributed by atoms with Gasteiger partial charge in [0.2, 0.25) is 5.89 Å². The minimum Gasteiger partial charge on any atom is -0.478 e. The molecule has 0 radical (unpaired) electrons. The second-order valence-corrected chi connectivity index (χ2v) is 4.44. The molecule has 1 heterocycles. The lowest BCUT2D eigenvalue weighted by atomic mass is 10.2. The summed E-state index contributed by atoms with van der Waals surface area (Å²) in [5.74, 6) is 0.137. The zero-order chi connectivity index (χ0) is 15.4. The third-order valence-electron chi connectivity index (χ3n) is 2.86. The van der Waals surface area contributed by atoms with E-state index in [9.17, 15) is 9.59 Å². The van der Waals surface area contributed by atoms with Crippen LogP contribution in [0.3, 0.4) is 0 Å². The normalized spacial score (nSPS) is 10.2. The highest BCUT2D eigenvalue weighted by molar-refractivity contribution is 5.91. The summed E-state index contributed by atoms with van der Waals surface area (Å²) in [6.07, 6.45) is 0. The number of benzene rings is 1. The Bertz CT molecular complexity index is 642. The maximum atomic E-state index is 11.7. The third kappa shape index (κ3) is 3.82. The standard InChI is InChI=1S/C14H15N3O4/c1-8-9(2)21-12(16-8)7-15-14(20)17-11-5-3-10(4-6-11)13(18)19/h3-6H,7H2,1-2H3,(H,18,19)(H2,15,17,20). The first-order valence-electron chi connectivity index (χ1n) is 6.27. The number of anilines is 1. The van der Waals surface area contributed by atoms with Gasteiger partial charge in [0.05, 0.1) is 17.8 Å². The van der Waals surface area contributed by atoms with E-state index in [-0.39, 0.29) is 12.1 Å². The molecule has 0 spiro atoms. The van der Waals surface area contributed by atoms with E-state index in [1.165, 1.54) is 24.3 Å². The van der Waals surface area contributed by atoms with Crippen molar-refractivity contribution in [2.24, 2.45) is 0 Å². The summed E-state index contributed by atoms with van der Waals surface area (Å²) in [6, 6.07) is 5.44. The molecule has 110 valence electrons. The molecule has 21 heavy (non-hydrogen) atoms. The van der Waals surface area contributed by atoms with Crippen molar-refractivity contribution in [1.29, 1.82) is 0 Å². The minimum absolute atomic E-state index is 0.159. The first kappa shape index (κ1) is 14.6. The Morgan fingerprint density at radius 2 is 1.90 bits per heavy atom. The summed E-state index contributed by atoms with van der Waals surface area (Å²) in [7, 11) is 0. The zero-order valence-corrected chi connectivity index (χ0v) is 11.6. The monoisotopic (exact) mass is 289 g/mol. The number of aryl methyl sites for hydroxylation is 2. The lowest BCUT2D eigenvalue weighted by molar-refractivity contribution is 0.0697. The van der Waals surface area contributed by atoms with Gasteiger partial charge < -0.3 is 20.2 Å². The van der Waals surface area contributed by atoms with Gasteiger partial charge >= 0.3 is 12.0 Å². The Hall–Kier alpha value is -2.83. The molecule has 0 saturated heterocycles. The van der Waals surface area contributed by atoms with Crippen LogP contribution in [0.5, 0.6) is 0 Å². The number of oxazole rings is 1. The van der Waals surface area contributed by atoms with E-state index in [4.69, 9.17) is 9.52 Å². The van der Waals surface area contributed by atoms with Gasteiger partial charge in [-0.05, 0) is 38.1 Å². The minimum atomic E-state index is -1.01. The summed E-state index contributed by atoms with van der Waals surface area (Å²) < 4.78 is 5.34. The van der Waals surface area contributed by atoms with Crippen molar-refractivity contribution in [3.8, 4) is 0 Å². The van der Waals surface area contributed by atoms with Crippen molar-refractivity contribution in [3.05, 3.63) is 47.2 Å². The Balaban J connectivity index is 1.88. The van der Waals surface area contributed by atoms with Crippen molar-refractivity contribution in [3.63, 3.8) is 0 Å². The van der Waals surface area contributed by atoms with E-state index in [0.717, 1.165) is 11.5 Å². The number of carboxylic acid groups (broad SMARTS) is 1. The van der Waals surface area contributed by atoms with Gasteiger partial charge in [-0.2, -0.15) is 0 Å². The number of urea groups is 1. The maximum Gasteiger partial charge on any atom is 0.335 e. The van der Waals surface area contributed by atoms with E-state index in [0.29, 0.717) is 11.6 Å². The van der Waals surface area contributed by atoms with Crippen LogP contribution in [0.2, 0.25) is 0 Å². The lowest BCUT2D eigenvalue weighted by Gasteiger charge is -2.06. The number of nitrogens with one attached hydrogen (secondary N) is 2. The summed E-state index contributed by atoms with van der Waals surface area (Å²) in [4.78, 5) is 26.5. The van der Waals surface area contributed by atoms with Crippen LogP contribution >= 0.6 is 0 Å². The summed E-state index contributed by atoms with van der Waals surface area (Å²) in [6.45, 7) is 3.80. The molecule has 3 N–H and O–H groups in total. The fourth-order valence-corrected chi connectivity index (χ4v) is 1.64. The fraction of sp³-hybridized carbons (Fsp3) is 0.214. The van der Waals surface area contributed by atoms with Gasteiger partial charge in [0.15, 0.2) is 0 Å². The SMILES string of the molecule is Cc1nc(CNC(=O)Nc2ccc(C(=O)O)cc2)oc1C. The Morgan fingerprint density at radius 1 is 1.24 bits per heavy atom. The van der Waals surface area contributed by atoms with Crippen LogP contribution in [-0.2, 0) is 6.54 Å². The molecule has 1 aromatic heterocycles. The molecule has 0 saturated carbocycles. The van der Waals surface area contributed by atoms with Crippen LogP contribution in [0.15, 0.2) is 28.7 Å². The first-order valence-corrected chi connectivity index (χ1v) is 6.27. The first-order chi connectivity index (χ1) is 9.95. The smallest absolute Gasteiger partial charge is 0.335 e. The lowest BCUT2D eigenvalue weighted by Crippen LogP contribution is -2.28. The van der Waals surface area contributed by atoms with Gasteiger partial charge in [-0.25, -0.2) is 14.6 Å². The van der Waals surface area contributed by atoms with E-state index < -0.39 is 12.0 Å². The molecule has 7 heteroatoms. The van der Waals surface area contributed by atoms with Crippen molar-refractivity contribution in [2.75, 3.05) is 5.32 Å². The number of carbonyl (C=O) groups is 2. The van der Waals surface area contributed by atoms with Crippen LogP contribution in [0.4, 0.5) is 10.5 Å². The number of carbonyl (C=O) groups excluding carboxylic acids is 1. The molecule has 7 nitrogen and oxygen atoms in total. The van der Waals surface area contributed by atoms with Crippen molar-refractivity contribution in [1.82, 2.24) is 10.3 Å². The predicted molar refractivity (Wildman–Crippen MR) is 75.2 cm³/mol. The molecule has 0 aliphatic carbocycles. The van der Waals surface area contributed by atoms with Gasteiger partial charge in [0.25, 0.3) is 0 Å². The highest BCUT2D eigenvalue weighted by Gasteiger charge is 2.08. The number of nitrogens with zero attached hydrogens (tertiary/aromatic N) is 1. The van der Waals surface area contributed by atoms with Crippen molar-refractivity contribution >= 4 is 17.7 Å². The third-order valence-corrected chi connectivity index (χ3v) is 2.86. The van der Waals surface area contributed by atoms with Gasteiger partial charge in [-0.3, -0.25) is 0 Å². The zero-order valence-electron chi connectivity index (χ0n) is 11.6. The van der Waals surface area contributed by atoms with Gasteiger partial charge in [0, 0.05) is 5.69 Å². The quantitative estimate of drug-likeness (QED) is 0.801. The maximum absolute atomic E-state index is 11.7. The van der Waals surface area contributed by atoms with Crippen LogP contribution in [0.1, 0.15) is 27.7 Å². The van der Waals surface area contributed by atoms with E-state index in [1.807, 2.05) is 6.92 Å². The summed E-state index contributed by atoms with van der Waals surface area (Å²) >= 11 is 0. The second kappa shape index (κ2) is 6.08. The van der Waals surface area contributed by atoms with E-state index >= 15 is 0 Å². The predicted octanol–water partition coefficient (Wildman–Crippen LogP) is 2.31. The summed E-state index contributed by atoms with van der Waals surface area (Å²) in [5.41, 5.74) is 1.44. The molecule has 0 aliphatic rings. The van der Waals surface area contributed by atoms with Crippen LogP contribution in [0.25, 0.3) is 0 Å². The molecule has 2 aromatic rings. The second-order valence-electron chi connectivity index (χ2n) is 4.44. The molecule has 0 aliphatic heterocycles. The van der Waals surface area contributed by atoms with Gasteiger partial charge in [0.1, 0.15) is 5.76 Å². The van der Waals surface area contributed by atoms with Crippen LogP contribution < -0.4 is 10.6 Å². The molecule has 0 atom stereocenters. The van der Waals surface area contributed by atoms with Gasteiger partial charge in [-0.15, -0.1) is 0 Å². The molecule has 2 amide bonds. The number of hydrogen-bond donors (Lipinski definition) is 3. The summed E-state index contributed by atoms with van der Waals surface area (Å²) in [5, 5.41) is 14.0. The molecular formula is C14H15N3O4. The van der Waals surface area contributed by atoms with Crippen molar-refractivity contribution < 1.29 is 19.1 Å². The fourth-order valence-electron chi connectivity index (χ4n) is 1.64. The Labute approximate surface area is 121 Å². The molecular weight excluding hydrogens is 274 g/mol. The van der Waals surface area contributed by atoms with Crippen molar-refractivity contribution in [2.45, 2.75) is 20.4 Å².